The van der Waals surface area contributed by atoms with Crippen LogP contribution in [0.25, 0.3) is 0 Å². The molecule has 10 nitrogen and oxygen atoms in total. The molecular formula is C24H25N5O5. The highest BCUT2D eigenvalue weighted by atomic mass is 16.5. The Morgan fingerprint density at radius 3 is 2.53 bits per heavy atom. The van der Waals surface area contributed by atoms with Gasteiger partial charge in [-0.1, -0.05) is 6.07 Å². The van der Waals surface area contributed by atoms with Gasteiger partial charge in [0, 0.05) is 42.1 Å². The lowest BCUT2D eigenvalue weighted by Gasteiger charge is -2.34. The summed E-state index contributed by atoms with van der Waals surface area (Å²) >= 11 is 0. The smallest absolute Gasteiger partial charge is 0.259 e. The van der Waals surface area contributed by atoms with E-state index in [4.69, 9.17) is 10.1 Å². The number of carbonyl (C=O) groups excluding carboxylic acids is 3. The highest BCUT2D eigenvalue weighted by molar-refractivity contribution is 6.05. The number of rotatable bonds is 6. The van der Waals surface area contributed by atoms with E-state index in [1.165, 1.54) is 4.90 Å². The standard InChI is InChI=1S/C24H25N5O5/c1-26-21(25)15-6-8-17(9-7-15)27-22(31)19(30)20-24(33)29(12-13-34-20)18-5-2-4-16(14-18)23(32)28-10-3-11-28/h2,4-9,14,19-20,25,30H,1,3,10-13H2,(H,27,31)/t19-,20-/m1/s1. The minimum atomic E-state index is -1.74. The van der Waals surface area contributed by atoms with Gasteiger partial charge in [0.15, 0.2) is 18.0 Å². The topological polar surface area (TPSA) is 135 Å². The normalized spacial score (nSPS) is 18.6. The van der Waals surface area contributed by atoms with Crippen molar-refractivity contribution in [3.05, 3.63) is 59.7 Å². The first-order chi connectivity index (χ1) is 16.4. The second-order valence-corrected chi connectivity index (χ2v) is 8.00. The van der Waals surface area contributed by atoms with Crippen LogP contribution in [-0.4, -0.2) is 78.7 Å². The van der Waals surface area contributed by atoms with E-state index in [0.717, 1.165) is 19.5 Å². The first kappa shape index (κ1) is 23.3. The molecular weight excluding hydrogens is 438 g/mol. The largest absolute Gasteiger partial charge is 0.380 e. The highest BCUT2D eigenvalue weighted by Gasteiger charge is 2.39. The summed E-state index contributed by atoms with van der Waals surface area (Å²) in [6, 6.07) is 13.0. The Labute approximate surface area is 196 Å². The van der Waals surface area contributed by atoms with E-state index in [9.17, 15) is 19.5 Å². The molecule has 10 heteroatoms. The number of carbonyl (C=O) groups is 3. The maximum Gasteiger partial charge on any atom is 0.259 e. The Bertz CT molecular complexity index is 1130. The highest BCUT2D eigenvalue weighted by Crippen LogP contribution is 2.24. The number of hydrogen-bond donors (Lipinski definition) is 3. The summed E-state index contributed by atoms with van der Waals surface area (Å²) in [7, 11) is 0. The van der Waals surface area contributed by atoms with Crippen LogP contribution in [0.3, 0.4) is 0 Å². The zero-order chi connectivity index (χ0) is 24.2. The molecule has 0 saturated carbocycles. The van der Waals surface area contributed by atoms with Crippen LogP contribution in [0.5, 0.6) is 0 Å². The van der Waals surface area contributed by atoms with Crippen molar-refractivity contribution in [2.75, 3.05) is 36.5 Å². The summed E-state index contributed by atoms with van der Waals surface area (Å²) in [5.74, 6) is -1.46. The van der Waals surface area contributed by atoms with Crippen molar-refractivity contribution < 1.29 is 24.2 Å². The van der Waals surface area contributed by atoms with Crippen LogP contribution in [0.4, 0.5) is 11.4 Å². The Morgan fingerprint density at radius 2 is 1.88 bits per heavy atom. The summed E-state index contributed by atoms with van der Waals surface area (Å²) in [6.07, 6.45) is -2.15. The summed E-state index contributed by atoms with van der Waals surface area (Å²) in [6.45, 7) is 5.10. The lowest BCUT2D eigenvalue weighted by molar-refractivity contribution is -0.150. The summed E-state index contributed by atoms with van der Waals surface area (Å²) in [5, 5.41) is 20.8. The number of morpholine rings is 1. The minimum absolute atomic E-state index is 0.00477. The fourth-order valence-electron chi connectivity index (χ4n) is 3.75. The Kier molecular flexibility index (Phi) is 6.80. The van der Waals surface area contributed by atoms with Crippen LogP contribution in [0.15, 0.2) is 53.5 Å². The number of amidine groups is 1. The Morgan fingerprint density at radius 1 is 1.15 bits per heavy atom. The average molecular weight is 463 g/mol. The molecule has 2 aromatic carbocycles. The molecule has 2 saturated heterocycles. The van der Waals surface area contributed by atoms with E-state index in [0.29, 0.717) is 22.5 Å². The number of benzene rings is 2. The summed E-state index contributed by atoms with van der Waals surface area (Å²) in [4.78, 5) is 44.9. The van der Waals surface area contributed by atoms with Gasteiger partial charge in [-0.2, -0.15) is 0 Å². The molecule has 2 heterocycles. The van der Waals surface area contributed by atoms with Crippen molar-refractivity contribution in [2.24, 2.45) is 4.99 Å². The van der Waals surface area contributed by atoms with Crippen LogP contribution < -0.4 is 10.2 Å². The Hall–Kier alpha value is -3.89. The van der Waals surface area contributed by atoms with Gasteiger partial charge in [0.25, 0.3) is 17.7 Å². The van der Waals surface area contributed by atoms with Gasteiger partial charge in [0.2, 0.25) is 0 Å². The third-order valence-electron chi connectivity index (χ3n) is 5.81. The van der Waals surface area contributed by atoms with Gasteiger partial charge in [-0.3, -0.25) is 19.8 Å². The molecule has 176 valence electrons. The number of ether oxygens (including phenoxy) is 1. The molecule has 34 heavy (non-hydrogen) atoms. The number of nitrogens with zero attached hydrogens (tertiary/aromatic N) is 3. The van der Waals surface area contributed by atoms with E-state index in [1.54, 1.807) is 53.4 Å². The predicted molar refractivity (Wildman–Crippen MR) is 127 cm³/mol. The summed E-state index contributed by atoms with van der Waals surface area (Å²) < 4.78 is 5.45. The molecule has 2 aromatic rings. The zero-order valence-electron chi connectivity index (χ0n) is 18.4. The van der Waals surface area contributed by atoms with E-state index < -0.39 is 24.0 Å². The number of hydrogen-bond acceptors (Lipinski definition) is 6. The predicted octanol–water partition coefficient (Wildman–Crippen LogP) is 1.29. The van der Waals surface area contributed by atoms with E-state index in [1.807, 2.05) is 0 Å². The van der Waals surface area contributed by atoms with Crippen molar-refractivity contribution in [2.45, 2.75) is 18.6 Å². The van der Waals surface area contributed by atoms with Crippen LogP contribution in [-0.2, 0) is 14.3 Å². The van der Waals surface area contributed by atoms with Crippen molar-refractivity contribution >= 4 is 41.6 Å². The number of nitrogens with one attached hydrogen (secondary N) is 2. The zero-order valence-corrected chi connectivity index (χ0v) is 18.4. The van der Waals surface area contributed by atoms with E-state index in [2.05, 4.69) is 17.0 Å². The molecule has 0 radical (unpaired) electrons. The number of aliphatic hydroxyl groups is 1. The van der Waals surface area contributed by atoms with Crippen molar-refractivity contribution in [1.82, 2.24) is 4.90 Å². The first-order valence-corrected chi connectivity index (χ1v) is 10.9. The second kappa shape index (κ2) is 9.94. The second-order valence-electron chi connectivity index (χ2n) is 8.00. The molecule has 0 spiro atoms. The molecule has 2 aliphatic heterocycles. The quantitative estimate of drug-likeness (QED) is 0.438. The third kappa shape index (κ3) is 4.73. The average Bonchev–Trinajstić information content (AvgIpc) is 2.82. The molecule has 4 rings (SSSR count). The monoisotopic (exact) mass is 463 g/mol. The van der Waals surface area contributed by atoms with Gasteiger partial charge in [-0.15, -0.1) is 0 Å². The van der Waals surface area contributed by atoms with Gasteiger partial charge >= 0.3 is 0 Å². The lowest BCUT2D eigenvalue weighted by atomic mass is 10.1. The molecule has 2 fully saturated rings. The number of amides is 3. The van der Waals surface area contributed by atoms with E-state index in [-0.39, 0.29) is 24.9 Å². The van der Waals surface area contributed by atoms with Gasteiger partial charge < -0.3 is 25.0 Å². The van der Waals surface area contributed by atoms with Gasteiger partial charge in [0.05, 0.1) is 6.61 Å². The van der Waals surface area contributed by atoms with Crippen LogP contribution in [0.2, 0.25) is 0 Å². The lowest BCUT2D eigenvalue weighted by Crippen LogP contribution is -2.55. The van der Waals surface area contributed by atoms with E-state index >= 15 is 0 Å². The van der Waals surface area contributed by atoms with Crippen molar-refractivity contribution in [3.8, 4) is 0 Å². The number of aliphatic hydroxyl groups excluding tert-OH is 1. The fraction of sp³-hybridized carbons (Fsp3) is 0.292. The number of likely N-dealkylation sites (tertiary alicyclic amines) is 1. The Balaban J connectivity index is 1.44. The van der Waals surface area contributed by atoms with Crippen LogP contribution >= 0.6 is 0 Å². The maximum atomic E-state index is 13.1. The molecule has 0 aromatic heterocycles. The molecule has 0 unspecified atom stereocenters. The van der Waals surface area contributed by atoms with Crippen molar-refractivity contribution in [1.29, 1.82) is 5.41 Å². The van der Waals surface area contributed by atoms with Crippen molar-refractivity contribution in [3.63, 3.8) is 0 Å². The minimum Gasteiger partial charge on any atom is -0.380 e. The molecule has 2 aliphatic rings. The maximum absolute atomic E-state index is 13.1. The van der Waals surface area contributed by atoms with Gasteiger partial charge in [-0.05, 0) is 55.6 Å². The van der Waals surface area contributed by atoms with Gasteiger partial charge in [-0.25, -0.2) is 4.99 Å². The number of aliphatic imine (C=N–C) groups is 1. The third-order valence-corrected chi connectivity index (χ3v) is 5.81. The molecule has 3 amide bonds. The molecule has 0 bridgehead atoms. The van der Waals surface area contributed by atoms with Gasteiger partial charge in [0.1, 0.15) is 0 Å². The SMILES string of the molecule is C=NC(=N)c1ccc(NC(=O)[C@H](O)[C@H]2OCCN(c3cccc(C(=O)N4CCC4)c3)C2=O)cc1. The summed E-state index contributed by atoms with van der Waals surface area (Å²) in [5.41, 5.74) is 1.88. The van der Waals surface area contributed by atoms with Crippen LogP contribution in [0.1, 0.15) is 22.3 Å². The molecule has 3 N–H and O–H groups in total. The number of anilines is 2. The fourth-order valence-corrected chi connectivity index (χ4v) is 3.75. The first-order valence-electron chi connectivity index (χ1n) is 10.9. The molecule has 0 aliphatic carbocycles. The molecule has 2 atom stereocenters. The van der Waals surface area contributed by atoms with Crippen LogP contribution in [0, 0.1) is 5.41 Å².